The van der Waals surface area contributed by atoms with E-state index in [1.54, 1.807) is 14.2 Å². The molecule has 1 aliphatic rings. The van der Waals surface area contributed by atoms with Crippen molar-refractivity contribution in [3.05, 3.63) is 23.8 Å². The van der Waals surface area contributed by atoms with Gasteiger partial charge in [-0.3, -0.25) is 4.79 Å². The minimum Gasteiger partial charge on any atom is -0.496 e. The lowest BCUT2D eigenvalue weighted by Gasteiger charge is -2.29. The fourth-order valence-corrected chi connectivity index (χ4v) is 3.02. The van der Waals surface area contributed by atoms with Crippen molar-refractivity contribution < 1.29 is 14.3 Å². The molecule has 1 aliphatic carbocycles. The number of hydrogen-bond acceptors (Lipinski definition) is 3. The number of rotatable bonds is 4. The van der Waals surface area contributed by atoms with Crippen molar-refractivity contribution in [1.82, 2.24) is 0 Å². The van der Waals surface area contributed by atoms with Crippen LogP contribution in [0.5, 0.6) is 5.75 Å². The Hall–Kier alpha value is -1.55. The summed E-state index contributed by atoms with van der Waals surface area (Å²) in [4.78, 5) is 12.7. The second-order valence-corrected chi connectivity index (χ2v) is 5.75. The van der Waals surface area contributed by atoms with Gasteiger partial charge in [0.15, 0.2) is 0 Å². The van der Waals surface area contributed by atoms with Crippen LogP contribution in [0.4, 0.5) is 5.69 Å². The Kier molecular flexibility index (Phi) is 5.23. The monoisotopic (exact) mass is 291 g/mol. The van der Waals surface area contributed by atoms with E-state index >= 15 is 0 Å². The van der Waals surface area contributed by atoms with Crippen LogP contribution in [-0.2, 0) is 9.53 Å². The van der Waals surface area contributed by atoms with Crippen LogP contribution in [0.3, 0.4) is 0 Å². The maximum absolute atomic E-state index is 12.7. The van der Waals surface area contributed by atoms with Gasteiger partial charge in [0, 0.05) is 12.8 Å². The molecular formula is C17H25NO3. The van der Waals surface area contributed by atoms with E-state index in [4.69, 9.17) is 9.47 Å². The van der Waals surface area contributed by atoms with E-state index in [-0.39, 0.29) is 5.91 Å². The Bertz CT molecular complexity index is 491. The molecule has 0 unspecified atom stereocenters. The van der Waals surface area contributed by atoms with Crippen molar-refractivity contribution in [3.63, 3.8) is 0 Å². The average molecular weight is 291 g/mol. The molecule has 0 bridgehead atoms. The molecule has 116 valence electrons. The summed E-state index contributed by atoms with van der Waals surface area (Å²) in [5.41, 5.74) is 1.12. The quantitative estimate of drug-likeness (QED) is 0.861. The fourth-order valence-electron chi connectivity index (χ4n) is 3.02. The lowest BCUT2D eigenvalue weighted by molar-refractivity contribution is -0.139. The van der Waals surface area contributed by atoms with Crippen molar-refractivity contribution in [2.45, 2.75) is 51.0 Å². The second kappa shape index (κ2) is 6.94. The largest absolute Gasteiger partial charge is 0.496 e. The van der Waals surface area contributed by atoms with Crippen molar-refractivity contribution in [2.24, 2.45) is 0 Å². The van der Waals surface area contributed by atoms with Gasteiger partial charge >= 0.3 is 0 Å². The van der Waals surface area contributed by atoms with E-state index in [0.29, 0.717) is 0 Å². The zero-order chi connectivity index (χ0) is 15.3. The van der Waals surface area contributed by atoms with E-state index in [1.807, 2.05) is 25.1 Å². The van der Waals surface area contributed by atoms with E-state index < -0.39 is 5.60 Å². The molecule has 1 amide bonds. The minimum absolute atomic E-state index is 0.0310. The predicted octanol–water partition coefficient (Wildman–Crippen LogP) is 3.68. The lowest BCUT2D eigenvalue weighted by Crippen LogP contribution is -2.44. The Morgan fingerprint density at radius 1 is 1.14 bits per heavy atom. The number of ether oxygens (including phenoxy) is 2. The van der Waals surface area contributed by atoms with Crippen LogP contribution in [0.15, 0.2) is 18.2 Å². The van der Waals surface area contributed by atoms with Crippen LogP contribution in [0, 0.1) is 6.92 Å². The number of methoxy groups -OCH3 is 2. The first-order valence-electron chi connectivity index (χ1n) is 7.62. The van der Waals surface area contributed by atoms with E-state index in [1.165, 1.54) is 12.8 Å². The summed E-state index contributed by atoms with van der Waals surface area (Å²) in [5.74, 6) is 0.792. The molecule has 0 heterocycles. The zero-order valence-corrected chi connectivity index (χ0v) is 13.2. The van der Waals surface area contributed by atoms with Crippen LogP contribution in [0.25, 0.3) is 0 Å². The molecule has 21 heavy (non-hydrogen) atoms. The minimum atomic E-state index is -0.676. The van der Waals surface area contributed by atoms with Crippen LogP contribution < -0.4 is 10.1 Å². The summed E-state index contributed by atoms with van der Waals surface area (Å²) in [6.45, 7) is 1.96. The zero-order valence-electron chi connectivity index (χ0n) is 13.2. The molecule has 0 saturated heterocycles. The van der Waals surface area contributed by atoms with Crippen LogP contribution in [0.1, 0.15) is 44.1 Å². The van der Waals surface area contributed by atoms with Crippen LogP contribution in [0.2, 0.25) is 0 Å². The van der Waals surface area contributed by atoms with E-state index in [9.17, 15) is 4.79 Å². The SMILES string of the molecule is COc1ccc(NC(=O)C2(OC)CCCCCC2)cc1C. The number of carbonyl (C=O) groups is 1. The third kappa shape index (κ3) is 3.56. The van der Waals surface area contributed by atoms with Gasteiger partial charge in [-0.1, -0.05) is 25.7 Å². The Labute approximate surface area is 126 Å². The van der Waals surface area contributed by atoms with Gasteiger partial charge < -0.3 is 14.8 Å². The molecule has 0 radical (unpaired) electrons. The maximum Gasteiger partial charge on any atom is 0.256 e. The summed E-state index contributed by atoms with van der Waals surface area (Å²) in [6.07, 6.45) is 6.04. The van der Waals surface area contributed by atoms with Crippen molar-refractivity contribution in [2.75, 3.05) is 19.5 Å². The Morgan fingerprint density at radius 3 is 2.33 bits per heavy atom. The smallest absolute Gasteiger partial charge is 0.256 e. The van der Waals surface area contributed by atoms with Gasteiger partial charge in [-0.15, -0.1) is 0 Å². The third-order valence-corrected chi connectivity index (χ3v) is 4.37. The van der Waals surface area contributed by atoms with Crippen LogP contribution in [-0.4, -0.2) is 25.7 Å². The molecular weight excluding hydrogens is 266 g/mol. The van der Waals surface area contributed by atoms with Gasteiger partial charge in [0.1, 0.15) is 11.4 Å². The number of benzene rings is 1. The van der Waals surface area contributed by atoms with Crippen molar-refractivity contribution >= 4 is 11.6 Å². The highest BCUT2D eigenvalue weighted by atomic mass is 16.5. The Balaban J connectivity index is 2.13. The number of nitrogens with one attached hydrogen (secondary N) is 1. The number of anilines is 1. The molecule has 1 N–H and O–H groups in total. The standard InChI is InChI=1S/C17H25NO3/c1-13-12-14(8-9-15(13)20-2)18-16(19)17(21-3)10-6-4-5-7-11-17/h8-9,12H,4-7,10-11H2,1-3H3,(H,18,19). The number of aryl methyl sites for hydroxylation is 1. The molecule has 4 nitrogen and oxygen atoms in total. The number of carbonyl (C=O) groups excluding carboxylic acids is 1. The summed E-state index contributed by atoms with van der Waals surface area (Å²) >= 11 is 0. The first kappa shape index (κ1) is 15.8. The van der Waals surface area contributed by atoms with E-state index in [0.717, 1.165) is 42.7 Å². The molecule has 1 aromatic rings. The van der Waals surface area contributed by atoms with Gasteiger partial charge in [0.25, 0.3) is 5.91 Å². The topological polar surface area (TPSA) is 47.6 Å². The van der Waals surface area contributed by atoms with Gasteiger partial charge in [-0.05, 0) is 43.5 Å². The molecule has 0 spiro atoms. The third-order valence-electron chi connectivity index (χ3n) is 4.37. The molecule has 2 rings (SSSR count). The average Bonchev–Trinajstić information content (AvgIpc) is 2.74. The molecule has 0 aromatic heterocycles. The highest BCUT2D eigenvalue weighted by molar-refractivity contribution is 5.97. The maximum atomic E-state index is 12.7. The number of hydrogen-bond donors (Lipinski definition) is 1. The van der Waals surface area contributed by atoms with Gasteiger partial charge in [0.2, 0.25) is 0 Å². The predicted molar refractivity (Wildman–Crippen MR) is 83.8 cm³/mol. The summed E-state index contributed by atoms with van der Waals surface area (Å²) < 4.78 is 10.9. The van der Waals surface area contributed by atoms with Crippen molar-refractivity contribution in [1.29, 1.82) is 0 Å². The molecule has 4 heteroatoms. The van der Waals surface area contributed by atoms with Crippen LogP contribution >= 0.6 is 0 Å². The normalized spacial score (nSPS) is 17.9. The van der Waals surface area contributed by atoms with E-state index in [2.05, 4.69) is 5.32 Å². The highest BCUT2D eigenvalue weighted by Crippen LogP contribution is 2.31. The first-order chi connectivity index (χ1) is 10.1. The molecule has 1 aromatic carbocycles. The molecule has 0 aliphatic heterocycles. The lowest BCUT2D eigenvalue weighted by atomic mass is 9.93. The second-order valence-electron chi connectivity index (χ2n) is 5.75. The molecule has 0 atom stereocenters. The summed E-state index contributed by atoms with van der Waals surface area (Å²) in [7, 11) is 3.29. The molecule has 1 fully saturated rings. The highest BCUT2D eigenvalue weighted by Gasteiger charge is 2.38. The number of amides is 1. The molecule has 1 saturated carbocycles. The Morgan fingerprint density at radius 2 is 1.81 bits per heavy atom. The fraction of sp³-hybridized carbons (Fsp3) is 0.588. The van der Waals surface area contributed by atoms with Gasteiger partial charge in [-0.2, -0.15) is 0 Å². The summed E-state index contributed by atoms with van der Waals surface area (Å²) in [5, 5.41) is 3.00. The summed E-state index contributed by atoms with van der Waals surface area (Å²) in [6, 6.07) is 5.66. The van der Waals surface area contributed by atoms with Gasteiger partial charge in [0.05, 0.1) is 7.11 Å². The first-order valence-corrected chi connectivity index (χ1v) is 7.62. The van der Waals surface area contributed by atoms with Gasteiger partial charge in [-0.25, -0.2) is 0 Å². The van der Waals surface area contributed by atoms with Crippen molar-refractivity contribution in [3.8, 4) is 5.75 Å².